The third-order valence-corrected chi connectivity index (χ3v) is 5.12. The molecule has 3 atom stereocenters. The van der Waals surface area contributed by atoms with Gasteiger partial charge in [-0.05, 0) is 66.7 Å². The maximum atomic E-state index is 14.2. The molecular weight excluding hydrogens is 273 g/mol. The van der Waals surface area contributed by atoms with E-state index in [9.17, 15) is 4.39 Å². The summed E-state index contributed by atoms with van der Waals surface area (Å²) in [5.41, 5.74) is 6.97. The summed E-state index contributed by atoms with van der Waals surface area (Å²) < 4.78 is 14.2. The van der Waals surface area contributed by atoms with Gasteiger partial charge in [0, 0.05) is 5.02 Å². The van der Waals surface area contributed by atoms with Crippen LogP contribution in [0.15, 0.2) is 18.2 Å². The lowest BCUT2D eigenvalue weighted by Gasteiger charge is -2.42. The third-order valence-electron chi connectivity index (χ3n) is 4.88. The van der Waals surface area contributed by atoms with Gasteiger partial charge < -0.3 is 5.73 Å². The Balaban J connectivity index is 2.29. The van der Waals surface area contributed by atoms with Crippen LogP contribution in [0.4, 0.5) is 4.39 Å². The average Bonchev–Trinajstić information content (AvgIpc) is 2.37. The van der Waals surface area contributed by atoms with E-state index in [-0.39, 0.29) is 17.2 Å². The van der Waals surface area contributed by atoms with Crippen molar-refractivity contribution in [3.8, 4) is 0 Å². The highest BCUT2D eigenvalue weighted by Gasteiger charge is 2.36. The van der Waals surface area contributed by atoms with E-state index in [2.05, 4.69) is 20.8 Å². The Bertz CT molecular complexity index is 467. The number of rotatable bonds is 2. The van der Waals surface area contributed by atoms with E-state index < -0.39 is 0 Å². The number of hydrogen-bond acceptors (Lipinski definition) is 1. The van der Waals surface area contributed by atoms with Gasteiger partial charge in [-0.25, -0.2) is 4.39 Å². The van der Waals surface area contributed by atoms with E-state index in [1.54, 1.807) is 6.07 Å². The molecule has 0 aliphatic heterocycles. The maximum Gasteiger partial charge on any atom is 0.128 e. The van der Waals surface area contributed by atoms with Gasteiger partial charge in [-0.2, -0.15) is 0 Å². The lowest BCUT2D eigenvalue weighted by Crippen LogP contribution is -2.34. The van der Waals surface area contributed by atoms with Crippen LogP contribution >= 0.6 is 11.6 Å². The molecule has 1 aliphatic rings. The first-order valence-electron chi connectivity index (χ1n) is 7.48. The highest BCUT2D eigenvalue weighted by atomic mass is 35.5. The maximum absolute atomic E-state index is 14.2. The fourth-order valence-electron chi connectivity index (χ4n) is 3.49. The first-order chi connectivity index (χ1) is 9.32. The van der Waals surface area contributed by atoms with Crippen LogP contribution in [0.3, 0.4) is 0 Å². The molecule has 0 amide bonds. The van der Waals surface area contributed by atoms with Gasteiger partial charge in [0.1, 0.15) is 5.82 Å². The van der Waals surface area contributed by atoms with Gasteiger partial charge in [0.2, 0.25) is 0 Å². The zero-order valence-electron chi connectivity index (χ0n) is 12.6. The van der Waals surface area contributed by atoms with Gasteiger partial charge in [-0.1, -0.05) is 38.4 Å². The first-order valence-corrected chi connectivity index (χ1v) is 7.85. The molecule has 1 aliphatic carbocycles. The van der Waals surface area contributed by atoms with Crippen LogP contribution in [-0.2, 0) is 0 Å². The second-order valence-electron chi connectivity index (χ2n) is 7.14. The minimum Gasteiger partial charge on any atom is -0.330 e. The summed E-state index contributed by atoms with van der Waals surface area (Å²) in [5.74, 6) is 1.03. The molecule has 1 saturated carbocycles. The van der Waals surface area contributed by atoms with E-state index in [1.807, 2.05) is 6.07 Å². The summed E-state index contributed by atoms with van der Waals surface area (Å²) in [6, 6.07) is 5.05. The summed E-state index contributed by atoms with van der Waals surface area (Å²) in [6.07, 6.45) is 3.30. The van der Waals surface area contributed by atoms with Crippen molar-refractivity contribution in [2.24, 2.45) is 23.0 Å². The normalized spacial score (nSPS) is 27.6. The molecule has 2 N–H and O–H groups in total. The molecule has 1 fully saturated rings. The average molecular weight is 298 g/mol. The van der Waals surface area contributed by atoms with E-state index in [1.165, 1.54) is 12.5 Å². The molecule has 112 valence electrons. The van der Waals surface area contributed by atoms with Crippen molar-refractivity contribution in [2.75, 3.05) is 6.54 Å². The zero-order chi connectivity index (χ0) is 14.9. The van der Waals surface area contributed by atoms with E-state index in [0.717, 1.165) is 18.4 Å². The van der Waals surface area contributed by atoms with Crippen molar-refractivity contribution < 1.29 is 4.39 Å². The second-order valence-corrected chi connectivity index (χ2v) is 7.58. The van der Waals surface area contributed by atoms with Crippen molar-refractivity contribution in [2.45, 2.75) is 46.0 Å². The number of nitrogens with two attached hydrogens (primary N) is 1. The Hall–Kier alpha value is -0.600. The number of benzene rings is 1. The quantitative estimate of drug-likeness (QED) is 0.818. The molecular formula is C17H25ClFN. The summed E-state index contributed by atoms with van der Waals surface area (Å²) >= 11 is 5.86. The Morgan fingerprint density at radius 1 is 1.30 bits per heavy atom. The van der Waals surface area contributed by atoms with E-state index >= 15 is 0 Å². The van der Waals surface area contributed by atoms with E-state index in [0.29, 0.717) is 23.4 Å². The van der Waals surface area contributed by atoms with Crippen molar-refractivity contribution in [1.29, 1.82) is 0 Å². The molecule has 0 bridgehead atoms. The van der Waals surface area contributed by atoms with Crippen molar-refractivity contribution >= 4 is 11.6 Å². The molecule has 0 heterocycles. The first kappa shape index (κ1) is 15.8. The lowest BCUT2D eigenvalue weighted by molar-refractivity contribution is 0.131. The molecule has 1 aromatic carbocycles. The van der Waals surface area contributed by atoms with Crippen LogP contribution in [0, 0.1) is 23.1 Å². The molecule has 0 spiro atoms. The molecule has 1 aromatic rings. The summed E-state index contributed by atoms with van der Waals surface area (Å²) in [7, 11) is 0. The topological polar surface area (TPSA) is 26.0 Å². The van der Waals surface area contributed by atoms with Gasteiger partial charge in [0.05, 0.1) is 0 Å². The molecule has 3 unspecified atom stereocenters. The monoisotopic (exact) mass is 297 g/mol. The summed E-state index contributed by atoms with van der Waals surface area (Å²) in [6.45, 7) is 7.45. The fraction of sp³-hybridized carbons (Fsp3) is 0.647. The van der Waals surface area contributed by atoms with Crippen LogP contribution in [0.1, 0.15) is 51.5 Å². The van der Waals surface area contributed by atoms with Gasteiger partial charge in [-0.3, -0.25) is 0 Å². The lowest BCUT2D eigenvalue weighted by atomic mass is 9.64. The van der Waals surface area contributed by atoms with Crippen LogP contribution < -0.4 is 5.73 Å². The minimum atomic E-state index is -0.185. The van der Waals surface area contributed by atoms with Gasteiger partial charge in [0.15, 0.2) is 0 Å². The Kier molecular flexibility index (Phi) is 4.76. The fourth-order valence-corrected chi connectivity index (χ4v) is 3.64. The van der Waals surface area contributed by atoms with Crippen LogP contribution in [0.25, 0.3) is 0 Å². The van der Waals surface area contributed by atoms with Crippen LogP contribution in [-0.4, -0.2) is 6.54 Å². The molecule has 20 heavy (non-hydrogen) atoms. The second kappa shape index (κ2) is 6.03. The largest absolute Gasteiger partial charge is 0.330 e. The Morgan fingerprint density at radius 3 is 2.55 bits per heavy atom. The van der Waals surface area contributed by atoms with Crippen molar-refractivity contribution in [3.63, 3.8) is 0 Å². The summed E-state index contributed by atoms with van der Waals surface area (Å²) in [5, 5.41) is 0.457. The van der Waals surface area contributed by atoms with Gasteiger partial charge in [-0.15, -0.1) is 0 Å². The molecule has 3 heteroatoms. The standard InChI is InChI=1S/C17H25ClFN/c1-17(2,3)12-5-4-11(10-20)15(8-12)14-7-6-13(18)9-16(14)19/h6-7,9,11-12,15H,4-5,8,10,20H2,1-3H3. The molecule has 0 saturated heterocycles. The Labute approximate surface area is 126 Å². The SMILES string of the molecule is CC(C)(C)C1CCC(CN)C(c2ccc(Cl)cc2F)C1. The minimum absolute atomic E-state index is 0.185. The highest BCUT2D eigenvalue weighted by molar-refractivity contribution is 6.30. The Morgan fingerprint density at radius 2 is 2.00 bits per heavy atom. The van der Waals surface area contributed by atoms with Crippen molar-refractivity contribution in [3.05, 3.63) is 34.6 Å². The highest BCUT2D eigenvalue weighted by Crippen LogP contribution is 2.47. The molecule has 0 radical (unpaired) electrons. The molecule has 2 rings (SSSR count). The van der Waals surface area contributed by atoms with E-state index in [4.69, 9.17) is 17.3 Å². The predicted molar refractivity (Wildman–Crippen MR) is 83.5 cm³/mol. The smallest absolute Gasteiger partial charge is 0.128 e. The van der Waals surface area contributed by atoms with Crippen molar-refractivity contribution in [1.82, 2.24) is 0 Å². The molecule has 0 aromatic heterocycles. The third kappa shape index (κ3) is 3.35. The number of hydrogen-bond donors (Lipinski definition) is 1. The molecule has 1 nitrogen and oxygen atoms in total. The number of halogens is 2. The zero-order valence-corrected chi connectivity index (χ0v) is 13.4. The van der Waals surface area contributed by atoms with Gasteiger partial charge in [0.25, 0.3) is 0 Å². The van der Waals surface area contributed by atoms with Crippen LogP contribution in [0.5, 0.6) is 0 Å². The summed E-state index contributed by atoms with van der Waals surface area (Å²) in [4.78, 5) is 0. The predicted octanol–water partition coefficient (Wildman–Crippen LogP) is 4.98. The van der Waals surface area contributed by atoms with Crippen LogP contribution in [0.2, 0.25) is 5.02 Å². The van der Waals surface area contributed by atoms with Gasteiger partial charge >= 0.3 is 0 Å².